The molecule has 0 aliphatic carbocycles. The van der Waals surface area contributed by atoms with E-state index in [-0.39, 0.29) is 117 Å². The van der Waals surface area contributed by atoms with Gasteiger partial charge in [-0.05, 0) is 0 Å². The molecule has 0 bridgehead atoms. The van der Waals surface area contributed by atoms with Crippen molar-refractivity contribution in [2.75, 3.05) is 0 Å². The molecule has 0 saturated heterocycles. The summed E-state index contributed by atoms with van der Waals surface area (Å²) in [4.78, 5) is 0. The molecule has 5 radical (unpaired) electrons. The van der Waals surface area contributed by atoms with Gasteiger partial charge in [-0.3, -0.25) is 0 Å². The molecule has 0 rings (SSSR count). The van der Waals surface area contributed by atoms with Crippen molar-refractivity contribution in [2.24, 2.45) is 0 Å². The van der Waals surface area contributed by atoms with Crippen molar-refractivity contribution in [3.05, 3.63) is 0 Å². The minimum absolute atomic E-state index is 0. The molecule has 0 atom stereocenters. The van der Waals surface area contributed by atoms with Crippen molar-refractivity contribution in [2.45, 2.75) is 0 Å². The number of hydrogen-bond donors (Lipinski definition) is 0. The van der Waals surface area contributed by atoms with Crippen LogP contribution in [-0.4, -0.2) is 17.4 Å². The maximum absolute atomic E-state index is 0. The Kier molecular flexibility index (Phi) is 335. The topological polar surface area (TPSA) is 0 Å². The van der Waals surface area contributed by atoms with Gasteiger partial charge in [0.1, 0.15) is 0 Å². The SMILES string of the molecule is [Al].[Co].[Cr].[Fe].[Ta].[Zr]. The van der Waals surface area contributed by atoms with Crippen LogP contribution in [0.25, 0.3) is 0 Å². The van der Waals surface area contributed by atoms with Crippen molar-refractivity contribution in [3.63, 3.8) is 0 Å². The van der Waals surface area contributed by atoms with E-state index in [2.05, 4.69) is 0 Å². The van der Waals surface area contributed by atoms with Crippen molar-refractivity contribution < 1.29 is 99.8 Å². The molecule has 0 aromatic heterocycles. The molecule has 6 heteroatoms. The van der Waals surface area contributed by atoms with E-state index < -0.39 is 0 Å². The van der Waals surface area contributed by atoms with Gasteiger partial charge in [0.15, 0.2) is 0 Å². The Balaban J connectivity index is 0. The molecule has 0 aliphatic rings. The van der Waals surface area contributed by atoms with E-state index in [9.17, 15) is 0 Å². The van der Waals surface area contributed by atoms with E-state index >= 15 is 0 Å². The fraction of sp³-hybridized carbons (Fsp3) is 0. The van der Waals surface area contributed by atoms with Crippen molar-refractivity contribution in [1.82, 2.24) is 0 Å². The third-order valence-corrected chi connectivity index (χ3v) is 0. The zero-order valence-corrected chi connectivity index (χ0v) is 12.9. The Hall–Kier alpha value is 3.71. The molecule has 35 valence electrons. The molecule has 0 heterocycles. The Morgan fingerprint density at radius 3 is 1.00 bits per heavy atom. The zero-order valence-electron chi connectivity index (χ0n) is 2.62. The van der Waals surface area contributed by atoms with Crippen LogP contribution in [0.3, 0.4) is 0 Å². The normalized spacial score (nSPS) is 0. The molecule has 0 amide bonds. The first-order chi connectivity index (χ1) is 0. The second kappa shape index (κ2) is 37.6. The second-order valence-electron chi connectivity index (χ2n) is 0. The average Bonchev–Trinajstić information content (AvgIpc) is 0. The van der Waals surface area contributed by atoms with Crippen molar-refractivity contribution in [3.8, 4) is 0 Å². The summed E-state index contributed by atoms with van der Waals surface area (Å²) in [7, 11) is 0. The van der Waals surface area contributed by atoms with Gasteiger partial charge in [0.05, 0.1) is 0 Å². The minimum Gasteiger partial charge on any atom is 0 e. The van der Waals surface area contributed by atoms with Gasteiger partial charge in [-0.25, -0.2) is 0 Å². The van der Waals surface area contributed by atoms with Gasteiger partial charge < -0.3 is 0 Å². The molecule has 0 aromatic carbocycles. The third-order valence-electron chi connectivity index (χ3n) is 0. The number of hydrogen-bond acceptors (Lipinski definition) is 0. The largest absolute Gasteiger partial charge is 0 e. The summed E-state index contributed by atoms with van der Waals surface area (Å²) in [5, 5.41) is 0. The molecular weight excluding hydrogens is 466 g/mol. The van der Waals surface area contributed by atoms with Crippen LogP contribution in [0.5, 0.6) is 0 Å². The third kappa shape index (κ3) is 25.2. The van der Waals surface area contributed by atoms with E-state index in [1.54, 1.807) is 0 Å². The molecule has 0 saturated carbocycles. The monoisotopic (exact) mass is 465 g/mol. The molecule has 6 heavy (non-hydrogen) atoms. The molecule has 0 aliphatic heterocycles. The van der Waals surface area contributed by atoms with Crippen LogP contribution in [0, 0.1) is 0 Å². The first kappa shape index (κ1) is 53.5. The summed E-state index contributed by atoms with van der Waals surface area (Å²) in [6.07, 6.45) is 0. The molecule has 0 aromatic rings. The molecule has 0 nitrogen and oxygen atoms in total. The van der Waals surface area contributed by atoms with Gasteiger partial charge in [-0.2, -0.15) is 0 Å². The van der Waals surface area contributed by atoms with E-state index in [1.165, 1.54) is 0 Å². The molecule has 0 unspecified atom stereocenters. The maximum Gasteiger partial charge on any atom is 0 e. The van der Waals surface area contributed by atoms with Gasteiger partial charge >= 0.3 is 0 Å². The van der Waals surface area contributed by atoms with E-state index in [4.69, 9.17) is 0 Å². The Bertz CT molecular complexity index is 15.5. The summed E-state index contributed by atoms with van der Waals surface area (Å²) in [5.74, 6) is 0. The van der Waals surface area contributed by atoms with Crippen LogP contribution >= 0.6 is 0 Å². The van der Waals surface area contributed by atoms with E-state index in [0.29, 0.717) is 0 Å². The van der Waals surface area contributed by atoms with Gasteiger partial charge in [0.25, 0.3) is 0 Å². The van der Waals surface area contributed by atoms with E-state index in [1.807, 2.05) is 0 Å². The maximum atomic E-state index is 0. The van der Waals surface area contributed by atoms with Crippen LogP contribution in [0.1, 0.15) is 0 Å². The van der Waals surface area contributed by atoms with Crippen LogP contribution in [0.15, 0.2) is 0 Å². The van der Waals surface area contributed by atoms with Gasteiger partial charge in [-0.1, -0.05) is 0 Å². The van der Waals surface area contributed by atoms with Crippen LogP contribution < -0.4 is 0 Å². The quantitative estimate of drug-likeness (QED) is 0.427. The van der Waals surface area contributed by atoms with Gasteiger partial charge in [-0.15, -0.1) is 0 Å². The predicted molar refractivity (Wildman–Crippen MR) is 5.75 cm³/mol. The van der Waals surface area contributed by atoms with Crippen LogP contribution in [-0.2, 0) is 99.8 Å². The van der Waals surface area contributed by atoms with E-state index in [0.717, 1.165) is 0 Å². The molecule has 0 fully saturated rings. The number of rotatable bonds is 0. The standard InChI is InChI=1S/Al.Co.Cr.Fe.Ta.Zr. The second-order valence-corrected chi connectivity index (χ2v) is 0. The fourth-order valence-corrected chi connectivity index (χ4v) is 0. The van der Waals surface area contributed by atoms with Crippen LogP contribution in [0.2, 0.25) is 0 Å². The Morgan fingerprint density at radius 2 is 1.00 bits per heavy atom. The average molecular weight is 466 g/mol. The van der Waals surface area contributed by atoms with Crippen LogP contribution in [0.4, 0.5) is 0 Å². The first-order valence-electron chi connectivity index (χ1n) is 0. The molecular formula is AlCoCrFeTaZr. The predicted octanol–water partition coefficient (Wildman–Crippen LogP) is -0.393. The summed E-state index contributed by atoms with van der Waals surface area (Å²) in [6.45, 7) is 0. The first-order valence-corrected chi connectivity index (χ1v) is 0. The molecule has 0 spiro atoms. The van der Waals surface area contributed by atoms with Gasteiger partial charge in [0.2, 0.25) is 0 Å². The van der Waals surface area contributed by atoms with Gasteiger partial charge in [0, 0.05) is 117 Å². The van der Waals surface area contributed by atoms with Crippen molar-refractivity contribution >= 4 is 17.4 Å². The minimum atomic E-state index is 0. The summed E-state index contributed by atoms with van der Waals surface area (Å²) in [5.41, 5.74) is 0. The fourth-order valence-electron chi connectivity index (χ4n) is 0. The molecule has 0 N–H and O–H groups in total. The summed E-state index contributed by atoms with van der Waals surface area (Å²) < 4.78 is 0. The summed E-state index contributed by atoms with van der Waals surface area (Å²) in [6, 6.07) is 0. The summed E-state index contributed by atoms with van der Waals surface area (Å²) >= 11 is 0. The Labute approximate surface area is 115 Å². The smallest absolute Gasteiger partial charge is 0 e. The zero-order chi connectivity index (χ0) is 0. The van der Waals surface area contributed by atoms with Crippen molar-refractivity contribution in [1.29, 1.82) is 0 Å². The Morgan fingerprint density at radius 1 is 1.00 bits per heavy atom.